The fraction of sp³-hybridized carbons (Fsp3) is 0.875. The van der Waals surface area contributed by atoms with Crippen LogP contribution < -0.4 is 0 Å². The van der Waals surface area contributed by atoms with E-state index in [0.717, 1.165) is 51.4 Å². The normalized spacial score (nSPS) is 32.5. The average molecular weight is 277 g/mol. The highest BCUT2D eigenvalue weighted by molar-refractivity contribution is 5.73. The summed E-state index contributed by atoms with van der Waals surface area (Å²) in [7, 11) is 0. The van der Waals surface area contributed by atoms with Crippen molar-refractivity contribution in [3.63, 3.8) is 0 Å². The molecule has 2 aliphatic rings. The fourth-order valence-corrected chi connectivity index (χ4v) is 3.74. The van der Waals surface area contributed by atoms with Crippen molar-refractivity contribution in [3.8, 4) is 6.07 Å². The van der Waals surface area contributed by atoms with Crippen molar-refractivity contribution in [2.45, 2.75) is 52.0 Å². The highest BCUT2D eigenvalue weighted by atomic mass is 16.2. The monoisotopic (exact) mass is 277 g/mol. The SMILES string of the molecule is CCC1CCC(C#N)C(N2CCCN(C(C)=O)CC2)C1. The van der Waals surface area contributed by atoms with Gasteiger partial charge in [0.1, 0.15) is 0 Å². The molecule has 1 aliphatic carbocycles. The Morgan fingerprint density at radius 3 is 2.70 bits per heavy atom. The third-order valence-electron chi connectivity index (χ3n) is 5.11. The van der Waals surface area contributed by atoms with Crippen molar-refractivity contribution in [2.24, 2.45) is 11.8 Å². The molecule has 0 spiro atoms. The van der Waals surface area contributed by atoms with Gasteiger partial charge in [0.2, 0.25) is 5.91 Å². The summed E-state index contributed by atoms with van der Waals surface area (Å²) in [4.78, 5) is 15.9. The second kappa shape index (κ2) is 7.08. The van der Waals surface area contributed by atoms with Crippen LogP contribution in [0.1, 0.15) is 46.0 Å². The van der Waals surface area contributed by atoms with E-state index in [4.69, 9.17) is 0 Å². The van der Waals surface area contributed by atoms with Crippen LogP contribution in [0.2, 0.25) is 0 Å². The summed E-state index contributed by atoms with van der Waals surface area (Å²) in [5.41, 5.74) is 0. The highest BCUT2D eigenvalue weighted by Gasteiger charge is 2.34. The van der Waals surface area contributed by atoms with Crippen molar-refractivity contribution in [3.05, 3.63) is 0 Å². The van der Waals surface area contributed by atoms with Crippen LogP contribution in [0, 0.1) is 23.2 Å². The van der Waals surface area contributed by atoms with E-state index in [-0.39, 0.29) is 11.8 Å². The van der Waals surface area contributed by atoms with E-state index >= 15 is 0 Å². The molecular weight excluding hydrogens is 250 g/mol. The molecule has 3 atom stereocenters. The minimum atomic E-state index is 0.179. The molecule has 4 nitrogen and oxygen atoms in total. The molecule has 0 aromatic heterocycles. The van der Waals surface area contributed by atoms with E-state index in [2.05, 4.69) is 17.9 Å². The molecule has 2 fully saturated rings. The van der Waals surface area contributed by atoms with Crippen molar-refractivity contribution < 1.29 is 4.79 Å². The van der Waals surface area contributed by atoms with Gasteiger partial charge in [-0.05, 0) is 31.6 Å². The van der Waals surface area contributed by atoms with Gasteiger partial charge in [-0.1, -0.05) is 13.3 Å². The molecule has 0 radical (unpaired) electrons. The lowest BCUT2D eigenvalue weighted by molar-refractivity contribution is -0.128. The molecule has 1 heterocycles. The Hall–Kier alpha value is -1.08. The van der Waals surface area contributed by atoms with Gasteiger partial charge in [0.25, 0.3) is 0 Å². The van der Waals surface area contributed by atoms with E-state index in [1.54, 1.807) is 6.92 Å². The van der Waals surface area contributed by atoms with E-state index in [0.29, 0.717) is 6.04 Å². The quantitative estimate of drug-likeness (QED) is 0.778. The van der Waals surface area contributed by atoms with Gasteiger partial charge in [0.15, 0.2) is 0 Å². The van der Waals surface area contributed by atoms with E-state index in [1.807, 2.05) is 4.90 Å². The summed E-state index contributed by atoms with van der Waals surface area (Å²) in [6, 6.07) is 2.94. The Balaban J connectivity index is 2.00. The van der Waals surface area contributed by atoms with Gasteiger partial charge >= 0.3 is 0 Å². The second-order valence-electron chi connectivity index (χ2n) is 6.29. The zero-order valence-corrected chi connectivity index (χ0v) is 12.8. The van der Waals surface area contributed by atoms with Gasteiger partial charge in [-0.25, -0.2) is 0 Å². The first-order chi connectivity index (χ1) is 9.65. The number of hydrogen-bond donors (Lipinski definition) is 0. The zero-order chi connectivity index (χ0) is 14.5. The molecule has 4 heteroatoms. The molecule has 1 saturated carbocycles. The van der Waals surface area contributed by atoms with Crippen LogP contribution in [-0.4, -0.2) is 47.9 Å². The molecule has 0 N–H and O–H groups in total. The maximum absolute atomic E-state index is 11.5. The van der Waals surface area contributed by atoms with Gasteiger partial charge in [-0.15, -0.1) is 0 Å². The number of rotatable bonds is 2. The Kier molecular flexibility index (Phi) is 5.42. The molecule has 112 valence electrons. The number of nitrogens with zero attached hydrogens (tertiary/aromatic N) is 3. The van der Waals surface area contributed by atoms with Gasteiger partial charge in [-0.3, -0.25) is 9.69 Å². The number of hydrogen-bond acceptors (Lipinski definition) is 3. The first-order valence-electron chi connectivity index (χ1n) is 8.04. The number of carbonyl (C=O) groups excluding carboxylic acids is 1. The Labute approximate surface area is 122 Å². The average Bonchev–Trinajstić information content (AvgIpc) is 2.72. The lowest BCUT2D eigenvalue weighted by Crippen LogP contribution is -2.45. The predicted octanol–water partition coefficient (Wildman–Crippen LogP) is 2.26. The molecule has 0 aromatic carbocycles. The van der Waals surface area contributed by atoms with Crippen LogP contribution >= 0.6 is 0 Å². The topological polar surface area (TPSA) is 47.3 Å². The van der Waals surface area contributed by atoms with Crippen molar-refractivity contribution >= 4 is 5.91 Å². The Morgan fingerprint density at radius 1 is 1.25 bits per heavy atom. The maximum atomic E-state index is 11.5. The zero-order valence-electron chi connectivity index (χ0n) is 12.8. The summed E-state index contributed by atoms with van der Waals surface area (Å²) in [6.07, 6.45) is 5.67. The van der Waals surface area contributed by atoms with Gasteiger partial charge < -0.3 is 4.90 Å². The summed E-state index contributed by atoms with van der Waals surface area (Å²) in [6.45, 7) is 7.56. The number of carbonyl (C=O) groups is 1. The van der Waals surface area contributed by atoms with Crippen LogP contribution in [0.3, 0.4) is 0 Å². The Bertz CT molecular complexity index is 376. The van der Waals surface area contributed by atoms with Crippen molar-refractivity contribution in [1.29, 1.82) is 5.26 Å². The molecular formula is C16H27N3O. The van der Waals surface area contributed by atoms with Gasteiger partial charge in [-0.2, -0.15) is 5.26 Å². The molecule has 3 unspecified atom stereocenters. The first kappa shape index (κ1) is 15.3. The maximum Gasteiger partial charge on any atom is 0.219 e. The molecule has 0 bridgehead atoms. The van der Waals surface area contributed by atoms with E-state index in [9.17, 15) is 10.1 Å². The molecule has 1 saturated heterocycles. The Morgan fingerprint density at radius 2 is 2.05 bits per heavy atom. The van der Waals surface area contributed by atoms with Crippen LogP contribution in [0.4, 0.5) is 0 Å². The molecule has 1 aliphatic heterocycles. The van der Waals surface area contributed by atoms with Crippen LogP contribution in [0.25, 0.3) is 0 Å². The summed E-state index contributed by atoms with van der Waals surface area (Å²) < 4.78 is 0. The smallest absolute Gasteiger partial charge is 0.219 e. The standard InChI is InChI=1S/C16H27N3O/c1-3-14-5-6-15(12-17)16(11-14)19-8-4-7-18(9-10-19)13(2)20/h14-16H,3-11H2,1-2H3. The lowest BCUT2D eigenvalue weighted by atomic mass is 9.77. The molecule has 2 rings (SSSR count). The van der Waals surface area contributed by atoms with Crippen molar-refractivity contribution in [2.75, 3.05) is 26.2 Å². The summed E-state index contributed by atoms with van der Waals surface area (Å²) in [5, 5.41) is 9.42. The van der Waals surface area contributed by atoms with Crippen molar-refractivity contribution in [1.82, 2.24) is 9.80 Å². The van der Waals surface area contributed by atoms with E-state index in [1.165, 1.54) is 12.8 Å². The molecule has 1 amide bonds. The van der Waals surface area contributed by atoms with Crippen LogP contribution in [-0.2, 0) is 4.79 Å². The minimum absolute atomic E-state index is 0.179. The molecule has 20 heavy (non-hydrogen) atoms. The largest absolute Gasteiger partial charge is 0.342 e. The fourth-order valence-electron chi connectivity index (χ4n) is 3.74. The van der Waals surface area contributed by atoms with Crippen LogP contribution in [0.5, 0.6) is 0 Å². The lowest BCUT2D eigenvalue weighted by Gasteiger charge is -2.39. The third kappa shape index (κ3) is 3.52. The molecule has 0 aromatic rings. The third-order valence-corrected chi connectivity index (χ3v) is 5.11. The summed E-state index contributed by atoms with van der Waals surface area (Å²) in [5.74, 6) is 1.14. The van der Waals surface area contributed by atoms with E-state index < -0.39 is 0 Å². The predicted molar refractivity (Wildman–Crippen MR) is 79.0 cm³/mol. The van der Waals surface area contributed by atoms with Crippen LogP contribution in [0.15, 0.2) is 0 Å². The summed E-state index contributed by atoms with van der Waals surface area (Å²) >= 11 is 0. The number of amides is 1. The van der Waals surface area contributed by atoms with Gasteiger partial charge in [0.05, 0.1) is 12.0 Å². The second-order valence-corrected chi connectivity index (χ2v) is 6.29. The first-order valence-corrected chi connectivity index (χ1v) is 8.04. The van der Waals surface area contributed by atoms with Gasteiger partial charge in [0, 0.05) is 39.1 Å². The number of nitriles is 1. The highest BCUT2D eigenvalue weighted by Crippen LogP contribution is 2.34. The minimum Gasteiger partial charge on any atom is -0.342 e.